The zero-order valence-corrected chi connectivity index (χ0v) is 31.5. The molecule has 0 spiro atoms. The summed E-state index contributed by atoms with van der Waals surface area (Å²) in [4.78, 5) is 18.2. The van der Waals surface area contributed by atoms with Crippen molar-refractivity contribution in [1.29, 1.82) is 0 Å². The van der Waals surface area contributed by atoms with Crippen molar-refractivity contribution in [3.63, 3.8) is 0 Å². The van der Waals surface area contributed by atoms with Gasteiger partial charge in [-0.05, 0) is 84.7 Å². The molecular formula is C41H57N3O4Si. The van der Waals surface area contributed by atoms with E-state index in [1.807, 2.05) is 42.5 Å². The summed E-state index contributed by atoms with van der Waals surface area (Å²) in [6.07, 6.45) is 3.09. The first kappa shape index (κ1) is 37.0. The Kier molecular flexibility index (Phi) is 12.5. The predicted molar refractivity (Wildman–Crippen MR) is 204 cm³/mol. The van der Waals surface area contributed by atoms with Crippen LogP contribution in [-0.4, -0.2) is 64.1 Å². The highest BCUT2D eigenvalue weighted by atomic mass is 28.4. The molecule has 0 aliphatic carbocycles. The van der Waals surface area contributed by atoms with Crippen molar-refractivity contribution in [2.75, 3.05) is 45.9 Å². The largest absolute Gasteiger partial charge is 0.487 e. The molecule has 1 atom stereocenters. The number of benzene rings is 3. The van der Waals surface area contributed by atoms with Gasteiger partial charge in [-0.25, -0.2) is 0 Å². The number of pyridine rings is 1. The average Bonchev–Trinajstić information content (AvgIpc) is 3.08. The van der Waals surface area contributed by atoms with E-state index in [4.69, 9.17) is 13.9 Å². The monoisotopic (exact) mass is 683 g/mol. The first-order chi connectivity index (χ1) is 23.4. The van der Waals surface area contributed by atoms with Crippen LogP contribution in [-0.2, 0) is 22.2 Å². The van der Waals surface area contributed by atoms with Gasteiger partial charge in [-0.1, -0.05) is 94.4 Å². The Morgan fingerprint density at radius 2 is 1.57 bits per heavy atom. The van der Waals surface area contributed by atoms with Crippen LogP contribution < -0.4 is 15.6 Å². The van der Waals surface area contributed by atoms with Crippen LogP contribution in [0.25, 0.3) is 10.9 Å². The minimum Gasteiger partial charge on any atom is -0.487 e. The van der Waals surface area contributed by atoms with Crippen molar-refractivity contribution in [3.05, 3.63) is 112 Å². The molecule has 1 fully saturated rings. The van der Waals surface area contributed by atoms with E-state index in [-0.39, 0.29) is 22.1 Å². The van der Waals surface area contributed by atoms with Crippen molar-refractivity contribution < 1.29 is 13.9 Å². The summed E-state index contributed by atoms with van der Waals surface area (Å²) in [6.45, 7) is 20.6. The van der Waals surface area contributed by atoms with E-state index in [0.29, 0.717) is 24.4 Å². The third-order valence-corrected chi connectivity index (χ3v) is 15.1. The molecule has 1 saturated heterocycles. The van der Waals surface area contributed by atoms with Crippen molar-refractivity contribution in [3.8, 4) is 5.75 Å². The van der Waals surface area contributed by atoms with Gasteiger partial charge in [-0.15, -0.1) is 0 Å². The van der Waals surface area contributed by atoms with Crippen LogP contribution in [0.5, 0.6) is 5.75 Å². The van der Waals surface area contributed by atoms with Gasteiger partial charge >= 0.3 is 0 Å². The molecule has 2 N–H and O–H groups in total. The summed E-state index contributed by atoms with van der Waals surface area (Å²) in [5.41, 5.74) is 4.26. The second kappa shape index (κ2) is 16.6. The quantitative estimate of drug-likeness (QED) is 0.0918. The van der Waals surface area contributed by atoms with Gasteiger partial charge in [0.2, 0.25) is 5.56 Å². The van der Waals surface area contributed by atoms with E-state index < -0.39 is 8.32 Å². The summed E-state index contributed by atoms with van der Waals surface area (Å²) < 4.78 is 19.4. The number of piperidine rings is 1. The topological polar surface area (TPSA) is 75.8 Å². The van der Waals surface area contributed by atoms with Crippen LogP contribution in [0.2, 0.25) is 18.1 Å². The molecule has 1 aliphatic heterocycles. The summed E-state index contributed by atoms with van der Waals surface area (Å²) in [6, 6.07) is 28.3. The molecule has 0 bridgehead atoms. The van der Waals surface area contributed by atoms with Gasteiger partial charge in [-0.2, -0.15) is 0 Å². The highest BCUT2D eigenvalue weighted by Gasteiger charge is 2.40. The molecule has 264 valence electrons. The number of likely N-dealkylation sites (tertiary alicyclic amines) is 1. The summed E-state index contributed by atoms with van der Waals surface area (Å²) in [5.74, 6) is 0.667. The molecule has 4 aromatic rings. The fourth-order valence-corrected chi connectivity index (χ4v) is 7.54. The highest BCUT2D eigenvalue weighted by molar-refractivity contribution is 6.74. The molecular weight excluding hydrogens is 627 g/mol. The second-order valence-electron chi connectivity index (χ2n) is 15.5. The first-order valence-corrected chi connectivity index (χ1v) is 20.9. The Morgan fingerprint density at radius 3 is 2.24 bits per heavy atom. The number of ether oxygens (including phenoxy) is 2. The molecule has 0 saturated carbocycles. The van der Waals surface area contributed by atoms with Crippen molar-refractivity contribution in [2.24, 2.45) is 5.41 Å². The van der Waals surface area contributed by atoms with Crippen LogP contribution in [0, 0.1) is 5.41 Å². The number of H-pyrrole nitrogens is 1. The van der Waals surface area contributed by atoms with E-state index >= 15 is 0 Å². The summed E-state index contributed by atoms with van der Waals surface area (Å²) >= 11 is 0. The van der Waals surface area contributed by atoms with Crippen LogP contribution >= 0.6 is 0 Å². The first-order valence-electron chi connectivity index (χ1n) is 18.0. The van der Waals surface area contributed by atoms with E-state index in [2.05, 4.69) is 92.4 Å². The van der Waals surface area contributed by atoms with Gasteiger partial charge in [0.05, 0.1) is 24.8 Å². The Hall–Kier alpha value is -3.27. The maximum atomic E-state index is 12.5. The fourth-order valence-electron chi connectivity index (χ4n) is 6.26. The standard InChI is InChI=1S/C41H57N3O4Si/c1-40(2,3)49(5,6)48-37(34-17-19-36(39-35(34)18-20-38(45)43-39)47-30-33-15-11-8-12-16-33)29-42-31-41(4)22-24-44(25-23-41)26-28-46-27-21-32-13-9-7-10-14-32/h7-20,37,42H,21-31H2,1-6H3,(H,43,45)/t37-/m0/s1. The minimum absolute atomic E-state index is 0.0537. The van der Waals surface area contributed by atoms with Crippen LogP contribution in [0.15, 0.2) is 89.7 Å². The zero-order chi connectivity index (χ0) is 34.9. The smallest absolute Gasteiger partial charge is 0.248 e. The molecule has 7 nitrogen and oxygen atoms in total. The molecule has 0 unspecified atom stereocenters. The molecule has 5 rings (SSSR count). The van der Waals surface area contributed by atoms with Gasteiger partial charge in [0, 0.05) is 31.1 Å². The average molecular weight is 684 g/mol. The Labute approximate surface area is 294 Å². The third kappa shape index (κ3) is 10.4. The van der Waals surface area contributed by atoms with Gasteiger partial charge < -0.3 is 29.1 Å². The molecule has 3 aromatic carbocycles. The fraction of sp³-hybridized carbons (Fsp3) is 0.488. The lowest BCUT2D eigenvalue weighted by Crippen LogP contribution is -2.46. The number of nitrogens with one attached hydrogen (secondary N) is 2. The summed E-state index contributed by atoms with van der Waals surface area (Å²) in [5, 5.41) is 4.86. The normalized spacial score (nSPS) is 16.1. The predicted octanol–water partition coefficient (Wildman–Crippen LogP) is 8.12. The number of hydrogen-bond donors (Lipinski definition) is 2. The van der Waals surface area contributed by atoms with Gasteiger partial charge in [-0.3, -0.25) is 4.79 Å². The van der Waals surface area contributed by atoms with Crippen LogP contribution in [0.3, 0.4) is 0 Å². The number of aromatic nitrogens is 1. The van der Waals surface area contributed by atoms with Gasteiger partial charge in [0.1, 0.15) is 12.4 Å². The third-order valence-electron chi connectivity index (χ3n) is 10.6. The number of fused-ring (bicyclic) bond motifs is 1. The minimum atomic E-state index is -2.14. The molecule has 8 heteroatoms. The van der Waals surface area contributed by atoms with Gasteiger partial charge in [0.15, 0.2) is 8.32 Å². The lowest BCUT2D eigenvalue weighted by atomic mass is 9.80. The Bertz CT molecular complexity index is 1660. The number of hydrogen-bond acceptors (Lipinski definition) is 6. The molecule has 1 aromatic heterocycles. The van der Waals surface area contributed by atoms with E-state index in [9.17, 15) is 4.79 Å². The molecule has 1 aliphatic rings. The van der Waals surface area contributed by atoms with Crippen molar-refractivity contribution in [2.45, 2.75) is 77.8 Å². The van der Waals surface area contributed by atoms with E-state index in [1.54, 1.807) is 6.07 Å². The maximum Gasteiger partial charge on any atom is 0.248 e. The molecule has 0 amide bonds. The van der Waals surface area contributed by atoms with Crippen LogP contribution in [0.4, 0.5) is 0 Å². The van der Waals surface area contributed by atoms with Gasteiger partial charge in [0.25, 0.3) is 0 Å². The Balaban J connectivity index is 1.22. The number of rotatable bonds is 16. The SMILES string of the molecule is CC1(CNC[C@H](O[Si](C)(C)C(C)(C)C)c2ccc(OCc3ccccc3)c3[nH]c(=O)ccc23)CCN(CCOCCc2ccccc2)CC1. The Morgan fingerprint density at radius 1 is 0.898 bits per heavy atom. The van der Waals surface area contributed by atoms with E-state index in [0.717, 1.165) is 75.2 Å². The van der Waals surface area contributed by atoms with Crippen molar-refractivity contribution >= 4 is 19.2 Å². The highest BCUT2D eigenvalue weighted by Crippen LogP contribution is 2.41. The molecule has 2 heterocycles. The van der Waals surface area contributed by atoms with Crippen molar-refractivity contribution in [1.82, 2.24) is 15.2 Å². The zero-order valence-electron chi connectivity index (χ0n) is 30.5. The van der Waals surface area contributed by atoms with E-state index in [1.165, 1.54) is 5.56 Å². The lowest BCUT2D eigenvalue weighted by Gasteiger charge is -2.41. The molecule has 49 heavy (non-hydrogen) atoms. The maximum absolute atomic E-state index is 12.5. The summed E-state index contributed by atoms with van der Waals surface area (Å²) in [7, 11) is -2.14. The number of nitrogens with zero attached hydrogens (tertiary/aromatic N) is 1. The number of aromatic amines is 1. The lowest BCUT2D eigenvalue weighted by molar-refractivity contribution is 0.0679. The second-order valence-corrected chi connectivity index (χ2v) is 20.3. The molecule has 0 radical (unpaired) electrons. The van der Waals surface area contributed by atoms with Crippen LogP contribution in [0.1, 0.15) is 63.3 Å².